The number of benzene rings is 1. The fraction of sp³-hybridized carbons (Fsp3) is 0.462. The Balaban J connectivity index is 2.08. The number of amides is 1. The van der Waals surface area contributed by atoms with Gasteiger partial charge in [0.15, 0.2) is 0 Å². The highest BCUT2D eigenvalue weighted by Crippen LogP contribution is 2.45. The van der Waals surface area contributed by atoms with Gasteiger partial charge in [-0.05, 0) is 24.1 Å². The quantitative estimate of drug-likeness (QED) is 0.741. The minimum absolute atomic E-state index is 0.278. The molecule has 1 aromatic rings. The lowest BCUT2D eigenvalue weighted by molar-refractivity contribution is -0.143. The van der Waals surface area contributed by atoms with Crippen LogP contribution in [0.5, 0.6) is 0 Å². The molecule has 1 saturated heterocycles. The number of primary amides is 1. The van der Waals surface area contributed by atoms with E-state index in [1.165, 1.54) is 5.56 Å². The Morgan fingerprint density at radius 3 is 3.12 bits per heavy atom. The average molecular weight is 232 g/mol. The second-order valence-corrected chi connectivity index (χ2v) is 4.74. The molecule has 2 heterocycles. The van der Waals surface area contributed by atoms with E-state index < -0.39 is 5.60 Å². The molecule has 2 aliphatic heterocycles. The minimum Gasteiger partial charge on any atom is -0.369 e. The van der Waals surface area contributed by atoms with Gasteiger partial charge in [0.05, 0.1) is 12.5 Å². The highest BCUT2D eigenvalue weighted by molar-refractivity contribution is 5.79. The van der Waals surface area contributed by atoms with Crippen LogP contribution in [0.3, 0.4) is 0 Å². The third-order valence-corrected chi connectivity index (χ3v) is 3.89. The van der Waals surface area contributed by atoms with Crippen molar-refractivity contribution in [1.29, 1.82) is 0 Å². The van der Waals surface area contributed by atoms with Gasteiger partial charge < -0.3 is 15.8 Å². The predicted molar refractivity (Wildman–Crippen MR) is 63.1 cm³/mol. The van der Waals surface area contributed by atoms with Gasteiger partial charge in [-0.15, -0.1) is 0 Å². The van der Waals surface area contributed by atoms with Crippen molar-refractivity contribution >= 4 is 5.91 Å². The van der Waals surface area contributed by atoms with Crippen LogP contribution < -0.4 is 11.1 Å². The fourth-order valence-corrected chi connectivity index (χ4v) is 3.03. The number of hydrogen-bond donors (Lipinski definition) is 2. The summed E-state index contributed by atoms with van der Waals surface area (Å²) in [6.45, 7) is 2.04. The van der Waals surface area contributed by atoms with Gasteiger partial charge in [-0.25, -0.2) is 0 Å². The van der Waals surface area contributed by atoms with Crippen molar-refractivity contribution in [3.8, 4) is 0 Å². The number of ether oxygens (including phenoxy) is 1. The van der Waals surface area contributed by atoms with Crippen LogP contribution in [0.2, 0.25) is 0 Å². The van der Waals surface area contributed by atoms with Gasteiger partial charge >= 0.3 is 0 Å². The van der Waals surface area contributed by atoms with E-state index in [9.17, 15) is 4.79 Å². The second-order valence-electron chi connectivity index (χ2n) is 4.74. The van der Waals surface area contributed by atoms with Crippen LogP contribution in [0, 0.1) is 5.92 Å². The largest absolute Gasteiger partial charge is 0.369 e. The zero-order valence-electron chi connectivity index (χ0n) is 9.61. The van der Waals surface area contributed by atoms with E-state index >= 15 is 0 Å². The average Bonchev–Trinajstić information content (AvgIpc) is 2.70. The van der Waals surface area contributed by atoms with Gasteiger partial charge in [0.25, 0.3) is 0 Å². The number of piperidine rings is 1. The van der Waals surface area contributed by atoms with Crippen LogP contribution >= 0.6 is 0 Å². The van der Waals surface area contributed by atoms with E-state index in [1.807, 2.05) is 12.1 Å². The van der Waals surface area contributed by atoms with E-state index in [0.29, 0.717) is 13.2 Å². The maximum absolute atomic E-state index is 11.6. The molecule has 2 aliphatic rings. The van der Waals surface area contributed by atoms with Crippen LogP contribution in [0.15, 0.2) is 24.3 Å². The summed E-state index contributed by atoms with van der Waals surface area (Å²) in [6.07, 6.45) is 0.803. The number of nitrogens with two attached hydrogens (primary N) is 1. The SMILES string of the molecule is NC(=O)C1CNCCC12OCc1ccccc12. The molecule has 1 fully saturated rings. The Morgan fingerprint density at radius 2 is 2.29 bits per heavy atom. The summed E-state index contributed by atoms with van der Waals surface area (Å²) >= 11 is 0. The zero-order chi connectivity index (χ0) is 11.9. The highest BCUT2D eigenvalue weighted by Gasteiger charge is 2.50. The van der Waals surface area contributed by atoms with Crippen molar-refractivity contribution in [2.24, 2.45) is 11.7 Å². The summed E-state index contributed by atoms with van der Waals surface area (Å²) in [5.41, 5.74) is 7.35. The molecular weight excluding hydrogens is 216 g/mol. The first-order valence-electron chi connectivity index (χ1n) is 5.96. The molecule has 0 aromatic heterocycles. The summed E-state index contributed by atoms with van der Waals surface area (Å²) in [4.78, 5) is 11.6. The standard InChI is InChI=1S/C13H16N2O2/c14-12(16)11-7-15-6-5-13(11)10-4-2-1-3-9(10)8-17-13/h1-4,11,15H,5-8H2,(H2,14,16). The molecule has 3 N–H and O–H groups in total. The zero-order valence-corrected chi connectivity index (χ0v) is 9.61. The Bertz CT molecular complexity index is 456. The number of fused-ring (bicyclic) bond motifs is 2. The fourth-order valence-electron chi connectivity index (χ4n) is 3.03. The van der Waals surface area contributed by atoms with Crippen LogP contribution in [0.25, 0.3) is 0 Å². The monoisotopic (exact) mass is 232 g/mol. The molecule has 0 bridgehead atoms. The lowest BCUT2D eigenvalue weighted by Crippen LogP contribution is -2.53. The van der Waals surface area contributed by atoms with Crippen LogP contribution in [-0.4, -0.2) is 19.0 Å². The van der Waals surface area contributed by atoms with Crippen molar-refractivity contribution in [3.05, 3.63) is 35.4 Å². The van der Waals surface area contributed by atoms with Crippen molar-refractivity contribution in [2.75, 3.05) is 13.1 Å². The number of hydrogen-bond acceptors (Lipinski definition) is 3. The molecule has 4 heteroatoms. The lowest BCUT2D eigenvalue weighted by atomic mass is 9.76. The van der Waals surface area contributed by atoms with E-state index in [2.05, 4.69) is 17.4 Å². The molecule has 1 spiro atoms. The van der Waals surface area contributed by atoms with Crippen molar-refractivity contribution in [2.45, 2.75) is 18.6 Å². The Hall–Kier alpha value is -1.39. The molecule has 2 atom stereocenters. The Labute approximate surface area is 100 Å². The van der Waals surface area contributed by atoms with Crippen molar-refractivity contribution in [1.82, 2.24) is 5.32 Å². The smallest absolute Gasteiger partial charge is 0.225 e. The third-order valence-electron chi connectivity index (χ3n) is 3.89. The molecule has 0 radical (unpaired) electrons. The Morgan fingerprint density at radius 1 is 1.47 bits per heavy atom. The maximum Gasteiger partial charge on any atom is 0.225 e. The maximum atomic E-state index is 11.6. The van der Waals surface area contributed by atoms with E-state index in [4.69, 9.17) is 10.5 Å². The Kier molecular flexibility index (Phi) is 2.42. The molecule has 4 nitrogen and oxygen atoms in total. The number of nitrogens with one attached hydrogen (secondary N) is 1. The van der Waals surface area contributed by atoms with E-state index in [1.54, 1.807) is 0 Å². The molecule has 1 amide bonds. The van der Waals surface area contributed by atoms with Crippen LogP contribution in [0.1, 0.15) is 17.5 Å². The first kappa shape index (κ1) is 10.7. The van der Waals surface area contributed by atoms with Gasteiger partial charge in [-0.1, -0.05) is 24.3 Å². The summed E-state index contributed by atoms with van der Waals surface area (Å²) in [5.74, 6) is -0.561. The molecule has 2 unspecified atom stereocenters. The van der Waals surface area contributed by atoms with Gasteiger partial charge in [0.1, 0.15) is 5.60 Å². The summed E-state index contributed by atoms with van der Waals surface area (Å²) in [6, 6.07) is 8.12. The molecule has 0 aliphatic carbocycles. The summed E-state index contributed by atoms with van der Waals surface area (Å²) in [5, 5.41) is 3.22. The molecule has 0 saturated carbocycles. The van der Waals surface area contributed by atoms with Gasteiger partial charge in [0.2, 0.25) is 5.91 Å². The second kappa shape index (κ2) is 3.82. The summed E-state index contributed by atoms with van der Waals surface area (Å²) in [7, 11) is 0. The van der Waals surface area contributed by atoms with Crippen LogP contribution in [-0.2, 0) is 21.7 Å². The number of rotatable bonds is 1. The summed E-state index contributed by atoms with van der Waals surface area (Å²) < 4.78 is 5.98. The molecular formula is C13H16N2O2. The van der Waals surface area contributed by atoms with Crippen LogP contribution in [0.4, 0.5) is 0 Å². The van der Waals surface area contributed by atoms with Gasteiger partial charge in [-0.3, -0.25) is 4.79 Å². The number of carbonyl (C=O) groups excluding carboxylic acids is 1. The number of carbonyl (C=O) groups is 1. The minimum atomic E-state index is -0.492. The first-order chi connectivity index (χ1) is 8.24. The molecule has 17 heavy (non-hydrogen) atoms. The van der Waals surface area contributed by atoms with E-state index in [-0.39, 0.29) is 11.8 Å². The highest BCUT2D eigenvalue weighted by atomic mass is 16.5. The van der Waals surface area contributed by atoms with Gasteiger partial charge in [0, 0.05) is 6.54 Å². The van der Waals surface area contributed by atoms with Gasteiger partial charge in [-0.2, -0.15) is 0 Å². The lowest BCUT2D eigenvalue weighted by Gasteiger charge is -2.39. The van der Waals surface area contributed by atoms with Crippen molar-refractivity contribution < 1.29 is 9.53 Å². The topological polar surface area (TPSA) is 64.4 Å². The molecule has 90 valence electrons. The molecule has 3 rings (SSSR count). The van der Waals surface area contributed by atoms with Crippen molar-refractivity contribution in [3.63, 3.8) is 0 Å². The normalized spacial score (nSPS) is 31.4. The molecule has 1 aromatic carbocycles. The predicted octanol–water partition coefficient (Wildman–Crippen LogP) is 0.507. The third kappa shape index (κ3) is 1.48. The van der Waals surface area contributed by atoms with E-state index in [0.717, 1.165) is 18.5 Å². The first-order valence-corrected chi connectivity index (χ1v) is 5.96.